The number of para-hydroxylation sites is 4. The Labute approximate surface area is 277 Å². The van der Waals surface area contributed by atoms with Crippen LogP contribution in [0.15, 0.2) is 138 Å². The molecule has 0 spiro atoms. The molecule has 1 aliphatic carbocycles. The molecule has 48 heavy (non-hydrogen) atoms. The lowest BCUT2D eigenvalue weighted by Crippen LogP contribution is -2.06. The van der Waals surface area contributed by atoms with Gasteiger partial charge in [0.05, 0.1) is 33.9 Å². The summed E-state index contributed by atoms with van der Waals surface area (Å²) in [7, 11) is 0. The van der Waals surface area contributed by atoms with E-state index in [1.165, 1.54) is 22.2 Å². The summed E-state index contributed by atoms with van der Waals surface area (Å²) in [5.74, 6) is 0.494. The van der Waals surface area contributed by atoms with Crippen molar-refractivity contribution in [1.29, 1.82) is 5.26 Å². The average molecular weight is 616 g/mol. The maximum Gasteiger partial charge on any atom is 0.136 e. The average Bonchev–Trinajstić information content (AvgIpc) is 3.77. The maximum absolute atomic E-state index is 10.7. The Hall–Kier alpha value is -6.31. The number of nitriles is 1. The largest absolute Gasteiger partial charge is 0.456 e. The third-order valence-electron chi connectivity index (χ3n) is 10.1. The van der Waals surface area contributed by atoms with Crippen molar-refractivity contribution in [3.8, 4) is 28.6 Å². The summed E-state index contributed by atoms with van der Waals surface area (Å²) in [6, 6.07) is 47.1. The molecular formula is C44H29N3O. The second-order valence-electron chi connectivity index (χ2n) is 12.9. The molecular weight excluding hydrogens is 587 g/mol. The summed E-state index contributed by atoms with van der Waals surface area (Å²) in [6.07, 6.45) is 5.60. The number of fused-ring (bicyclic) bond motifs is 9. The van der Waals surface area contributed by atoms with Crippen molar-refractivity contribution >= 4 is 60.7 Å². The zero-order chi connectivity index (χ0) is 31.9. The molecule has 0 bridgehead atoms. The minimum absolute atomic E-state index is 0.494. The number of aromatic nitrogens is 2. The van der Waals surface area contributed by atoms with E-state index in [-0.39, 0.29) is 0 Å². The molecule has 0 N–H and O–H groups in total. The second kappa shape index (κ2) is 10.1. The minimum atomic E-state index is 0.494. The van der Waals surface area contributed by atoms with Crippen LogP contribution in [0.25, 0.3) is 83.2 Å². The third-order valence-corrected chi connectivity index (χ3v) is 10.1. The van der Waals surface area contributed by atoms with Crippen LogP contribution >= 0.6 is 0 Å². The lowest BCUT2D eigenvalue weighted by atomic mass is 9.93. The van der Waals surface area contributed by atoms with E-state index in [1.54, 1.807) is 0 Å². The molecule has 1 aliphatic rings. The van der Waals surface area contributed by atoms with Crippen LogP contribution in [0.5, 0.6) is 0 Å². The van der Waals surface area contributed by atoms with Crippen LogP contribution < -0.4 is 0 Å². The van der Waals surface area contributed by atoms with E-state index in [9.17, 15) is 5.26 Å². The number of hydrogen-bond donors (Lipinski definition) is 0. The molecule has 0 aliphatic heterocycles. The highest BCUT2D eigenvalue weighted by Crippen LogP contribution is 2.41. The molecule has 9 aromatic rings. The molecule has 0 fully saturated rings. The molecule has 0 radical (unpaired) electrons. The quantitative estimate of drug-likeness (QED) is 0.198. The Balaban J connectivity index is 1.20. The van der Waals surface area contributed by atoms with E-state index < -0.39 is 0 Å². The van der Waals surface area contributed by atoms with Crippen molar-refractivity contribution < 1.29 is 4.42 Å². The van der Waals surface area contributed by atoms with E-state index in [0.29, 0.717) is 11.5 Å². The molecule has 10 rings (SSSR count). The molecule has 4 heteroatoms. The van der Waals surface area contributed by atoms with E-state index >= 15 is 0 Å². The lowest BCUT2D eigenvalue weighted by molar-refractivity contribution is 0.669. The Morgan fingerprint density at radius 2 is 1.35 bits per heavy atom. The number of benzene rings is 6. The van der Waals surface area contributed by atoms with Crippen LogP contribution in [0, 0.1) is 17.2 Å². The van der Waals surface area contributed by atoms with Gasteiger partial charge in [-0.3, -0.25) is 0 Å². The number of furan rings is 1. The Kier molecular flexibility index (Phi) is 5.65. The zero-order valence-electron chi connectivity index (χ0n) is 26.3. The zero-order valence-corrected chi connectivity index (χ0v) is 26.3. The normalized spacial score (nSPS) is 14.4. The highest BCUT2D eigenvalue weighted by Gasteiger charge is 2.23. The smallest absolute Gasteiger partial charge is 0.136 e. The van der Waals surface area contributed by atoms with Crippen molar-refractivity contribution in [2.45, 2.75) is 13.3 Å². The number of allylic oxidation sites excluding steroid dienone is 1. The Morgan fingerprint density at radius 3 is 2.21 bits per heavy atom. The molecule has 1 atom stereocenters. The summed E-state index contributed by atoms with van der Waals surface area (Å²) in [5.41, 5.74) is 12.3. The van der Waals surface area contributed by atoms with Gasteiger partial charge in [-0.15, -0.1) is 0 Å². The van der Waals surface area contributed by atoms with Gasteiger partial charge < -0.3 is 13.6 Å². The van der Waals surface area contributed by atoms with Gasteiger partial charge in [-0.1, -0.05) is 91.9 Å². The van der Waals surface area contributed by atoms with Crippen LogP contribution in [0.1, 0.15) is 23.7 Å². The Bertz CT molecular complexity index is 2850. The van der Waals surface area contributed by atoms with Crippen LogP contribution in [0.2, 0.25) is 0 Å². The van der Waals surface area contributed by atoms with Crippen LogP contribution in [0.3, 0.4) is 0 Å². The van der Waals surface area contributed by atoms with E-state index in [1.807, 2.05) is 18.2 Å². The van der Waals surface area contributed by atoms with Crippen molar-refractivity contribution in [2.24, 2.45) is 5.92 Å². The first-order valence-corrected chi connectivity index (χ1v) is 16.5. The second-order valence-corrected chi connectivity index (χ2v) is 12.9. The van der Waals surface area contributed by atoms with E-state index in [0.717, 1.165) is 72.7 Å². The third kappa shape index (κ3) is 3.76. The summed E-state index contributed by atoms with van der Waals surface area (Å²) >= 11 is 0. The van der Waals surface area contributed by atoms with Crippen molar-refractivity contribution in [2.75, 3.05) is 0 Å². The standard InChI is InChI=1S/C44H29N3O/c1-27-18-21-41-35(22-27)32-11-4-8-16-40(32)47(41)39-15-7-2-10-31(39)30-20-19-29(23-28(30)26-45)46-38-14-6-3-12-33(38)36-25-44-37(24-42(36)46)34-13-5-9-17-43(34)48-44/h2-21,23-25,27H,22H2,1H3. The SMILES string of the molecule is CC1C=Cc2c(c3ccccc3n2-c2ccccc2-c2ccc(-n3c4ccccc4c4cc5oc6ccccc6c5cc43)cc2C#N)C1. The number of rotatable bonds is 3. The number of hydrogen-bond acceptors (Lipinski definition) is 2. The van der Waals surface area contributed by atoms with E-state index in [2.05, 4.69) is 143 Å². The van der Waals surface area contributed by atoms with Crippen LogP contribution in [-0.2, 0) is 6.42 Å². The molecule has 4 nitrogen and oxygen atoms in total. The van der Waals surface area contributed by atoms with Crippen molar-refractivity contribution in [1.82, 2.24) is 9.13 Å². The van der Waals surface area contributed by atoms with Gasteiger partial charge in [-0.25, -0.2) is 0 Å². The molecule has 0 saturated carbocycles. The first-order valence-electron chi connectivity index (χ1n) is 16.5. The fourth-order valence-electron chi connectivity index (χ4n) is 7.98. The summed E-state index contributed by atoms with van der Waals surface area (Å²) < 4.78 is 10.9. The van der Waals surface area contributed by atoms with Crippen molar-refractivity contribution in [3.05, 3.63) is 150 Å². The highest BCUT2D eigenvalue weighted by atomic mass is 16.3. The van der Waals surface area contributed by atoms with Gasteiger partial charge in [0.1, 0.15) is 11.2 Å². The first-order chi connectivity index (χ1) is 23.7. The predicted octanol–water partition coefficient (Wildman–Crippen LogP) is 11.4. The monoisotopic (exact) mass is 615 g/mol. The summed E-state index contributed by atoms with van der Waals surface area (Å²) in [4.78, 5) is 0. The predicted molar refractivity (Wildman–Crippen MR) is 197 cm³/mol. The summed E-state index contributed by atoms with van der Waals surface area (Å²) in [6.45, 7) is 2.28. The van der Waals surface area contributed by atoms with Gasteiger partial charge >= 0.3 is 0 Å². The fraction of sp³-hybridized carbons (Fsp3) is 0.0682. The number of nitrogens with zero attached hydrogens (tertiary/aromatic N) is 3. The molecule has 1 unspecified atom stereocenters. The highest BCUT2D eigenvalue weighted by molar-refractivity contribution is 6.17. The van der Waals surface area contributed by atoms with Gasteiger partial charge in [-0.05, 0) is 72.5 Å². The van der Waals surface area contributed by atoms with E-state index in [4.69, 9.17) is 4.42 Å². The van der Waals surface area contributed by atoms with Gasteiger partial charge in [-0.2, -0.15) is 5.26 Å². The molecule has 3 heterocycles. The van der Waals surface area contributed by atoms with Crippen LogP contribution in [-0.4, -0.2) is 9.13 Å². The maximum atomic E-state index is 10.7. The Morgan fingerprint density at radius 1 is 0.625 bits per heavy atom. The topological polar surface area (TPSA) is 46.8 Å². The molecule has 0 saturated heterocycles. The molecule has 0 amide bonds. The molecule has 3 aromatic heterocycles. The fourth-order valence-corrected chi connectivity index (χ4v) is 7.98. The van der Waals surface area contributed by atoms with Gasteiger partial charge in [0, 0.05) is 49.4 Å². The van der Waals surface area contributed by atoms with Crippen molar-refractivity contribution in [3.63, 3.8) is 0 Å². The first kappa shape index (κ1) is 26.9. The van der Waals surface area contributed by atoms with Crippen LogP contribution in [0.4, 0.5) is 0 Å². The van der Waals surface area contributed by atoms with Gasteiger partial charge in [0.15, 0.2) is 0 Å². The lowest BCUT2D eigenvalue weighted by Gasteiger charge is -2.19. The van der Waals surface area contributed by atoms with Gasteiger partial charge in [0.2, 0.25) is 0 Å². The van der Waals surface area contributed by atoms with Gasteiger partial charge in [0.25, 0.3) is 0 Å². The minimum Gasteiger partial charge on any atom is -0.456 e. The molecule has 226 valence electrons. The molecule has 6 aromatic carbocycles. The summed E-state index contributed by atoms with van der Waals surface area (Å²) in [5, 5.41) is 16.4.